The molecule has 1 unspecified atom stereocenters. The van der Waals surface area contributed by atoms with E-state index in [-0.39, 0.29) is 11.8 Å². The fourth-order valence-electron chi connectivity index (χ4n) is 3.50. The van der Waals surface area contributed by atoms with Gasteiger partial charge in [-0.25, -0.2) is 0 Å². The number of hydrogen-bond donors (Lipinski definition) is 0. The van der Waals surface area contributed by atoms with E-state index in [1.54, 1.807) is 6.92 Å². The number of benzene rings is 1. The zero-order chi connectivity index (χ0) is 16.9. The summed E-state index contributed by atoms with van der Waals surface area (Å²) in [6.07, 6.45) is 4.34. The molecule has 2 fully saturated rings. The molecule has 5 nitrogen and oxygen atoms in total. The maximum atomic E-state index is 12.3. The summed E-state index contributed by atoms with van der Waals surface area (Å²) in [5.41, 5.74) is 0.727. The van der Waals surface area contributed by atoms with E-state index in [0.717, 1.165) is 63.2 Å². The molecule has 2 aliphatic rings. The van der Waals surface area contributed by atoms with E-state index in [4.69, 9.17) is 4.74 Å². The minimum absolute atomic E-state index is 0.114. The third kappa shape index (κ3) is 4.08. The SMILES string of the molecule is CC(=O)N1CCCC(COc2ccc(C(=O)N3CCCC3)cc2)C1. The summed E-state index contributed by atoms with van der Waals surface area (Å²) < 4.78 is 5.87. The van der Waals surface area contributed by atoms with Crippen molar-refractivity contribution in [3.63, 3.8) is 0 Å². The lowest BCUT2D eigenvalue weighted by molar-refractivity contribution is -0.130. The lowest BCUT2D eigenvalue weighted by Gasteiger charge is -2.31. The molecular formula is C19H26N2O3. The standard InChI is InChI=1S/C19H26N2O3/c1-15(22)21-12-4-5-16(13-21)14-24-18-8-6-17(7-9-18)19(23)20-10-2-3-11-20/h6-9,16H,2-5,10-14H2,1H3. The van der Waals surface area contributed by atoms with E-state index in [0.29, 0.717) is 12.5 Å². The summed E-state index contributed by atoms with van der Waals surface area (Å²) in [5.74, 6) is 1.43. The van der Waals surface area contributed by atoms with Crippen LogP contribution in [0.4, 0.5) is 0 Å². The molecule has 24 heavy (non-hydrogen) atoms. The Morgan fingerprint density at radius 1 is 1.04 bits per heavy atom. The zero-order valence-corrected chi connectivity index (χ0v) is 14.4. The number of likely N-dealkylation sites (tertiary alicyclic amines) is 2. The Balaban J connectivity index is 1.51. The van der Waals surface area contributed by atoms with E-state index in [2.05, 4.69) is 0 Å². The van der Waals surface area contributed by atoms with Crippen LogP contribution in [0.3, 0.4) is 0 Å². The molecular weight excluding hydrogens is 304 g/mol. The first kappa shape index (κ1) is 16.8. The van der Waals surface area contributed by atoms with Gasteiger partial charge in [0.05, 0.1) is 6.61 Å². The highest BCUT2D eigenvalue weighted by atomic mass is 16.5. The highest BCUT2D eigenvalue weighted by molar-refractivity contribution is 5.94. The third-order valence-corrected chi connectivity index (χ3v) is 4.94. The molecule has 0 radical (unpaired) electrons. The van der Waals surface area contributed by atoms with Crippen LogP contribution in [-0.4, -0.2) is 54.4 Å². The first-order valence-corrected chi connectivity index (χ1v) is 8.91. The van der Waals surface area contributed by atoms with Crippen LogP contribution in [0.25, 0.3) is 0 Å². The first-order valence-electron chi connectivity index (χ1n) is 8.91. The highest BCUT2D eigenvalue weighted by Gasteiger charge is 2.22. The molecule has 2 saturated heterocycles. The zero-order valence-electron chi connectivity index (χ0n) is 14.4. The van der Waals surface area contributed by atoms with Gasteiger partial charge >= 0.3 is 0 Å². The van der Waals surface area contributed by atoms with E-state index >= 15 is 0 Å². The van der Waals surface area contributed by atoms with E-state index in [9.17, 15) is 9.59 Å². The molecule has 1 atom stereocenters. The molecule has 0 aromatic heterocycles. The molecule has 2 heterocycles. The average Bonchev–Trinajstić information content (AvgIpc) is 3.14. The van der Waals surface area contributed by atoms with Gasteiger partial charge in [-0.2, -0.15) is 0 Å². The Morgan fingerprint density at radius 2 is 1.71 bits per heavy atom. The van der Waals surface area contributed by atoms with Crippen LogP contribution in [0.5, 0.6) is 5.75 Å². The van der Waals surface area contributed by atoms with Crippen molar-refractivity contribution < 1.29 is 14.3 Å². The van der Waals surface area contributed by atoms with Crippen molar-refractivity contribution in [2.45, 2.75) is 32.6 Å². The predicted molar refractivity (Wildman–Crippen MR) is 92.1 cm³/mol. The molecule has 0 aliphatic carbocycles. The van der Waals surface area contributed by atoms with Crippen LogP contribution in [0, 0.1) is 5.92 Å². The monoisotopic (exact) mass is 330 g/mol. The van der Waals surface area contributed by atoms with Gasteiger partial charge in [0, 0.05) is 44.6 Å². The number of rotatable bonds is 4. The van der Waals surface area contributed by atoms with Gasteiger partial charge in [-0.05, 0) is 49.9 Å². The van der Waals surface area contributed by atoms with Crippen LogP contribution < -0.4 is 4.74 Å². The van der Waals surface area contributed by atoms with Gasteiger partial charge in [0.25, 0.3) is 5.91 Å². The van der Waals surface area contributed by atoms with Crippen molar-refractivity contribution in [1.29, 1.82) is 0 Å². The van der Waals surface area contributed by atoms with Gasteiger partial charge in [-0.15, -0.1) is 0 Å². The topological polar surface area (TPSA) is 49.9 Å². The lowest BCUT2D eigenvalue weighted by Crippen LogP contribution is -2.40. The van der Waals surface area contributed by atoms with Crippen LogP contribution in [0.15, 0.2) is 24.3 Å². The van der Waals surface area contributed by atoms with Crippen molar-refractivity contribution in [2.75, 3.05) is 32.8 Å². The summed E-state index contributed by atoms with van der Waals surface area (Å²) in [6, 6.07) is 7.43. The Labute approximate surface area is 143 Å². The van der Waals surface area contributed by atoms with Crippen LogP contribution >= 0.6 is 0 Å². The quantitative estimate of drug-likeness (QED) is 0.852. The van der Waals surface area contributed by atoms with E-state index in [1.165, 1.54) is 0 Å². The minimum atomic E-state index is 0.114. The summed E-state index contributed by atoms with van der Waals surface area (Å²) >= 11 is 0. The van der Waals surface area contributed by atoms with Crippen LogP contribution in [0.1, 0.15) is 43.0 Å². The van der Waals surface area contributed by atoms with Crippen LogP contribution in [0.2, 0.25) is 0 Å². The predicted octanol–water partition coefficient (Wildman–Crippen LogP) is 2.56. The Bertz CT molecular complexity index is 579. The molecule has 0 N–H and O–H groups in total. The third-order valence-electron chi connectivity index (χ3n) is 4.94. The number of ether oxygens (including phenoxy) is 1. The van der Waals surface area contributed by atoms with Gasteiger partial charge in [0.1, 0.15) is 5.75 Å². The molecule has 1 aromatic rings. The number of nitrogens with zero attached hydrogens (tertiary/aromatic N) is 2. The fraction of sp³-hybridized carbons (Fsp3) is 0.579. The van der Waals surface area contributed by atoms with Gasteiger partial charge in [-0.1, -0.05) is 0 Å². The maximum Gasteiger partial charge on any atom is 0.253 e. The van der Waals surface area contributed by atoms with Crippen LogP contribution in [-0.2, 0) is 4.79 Å². The second kappa shape index (κ2) is 7.69. The number of carbonyl (C=O) groups excluding carboxylic acids is 2. The molecule has 0 saturated carbocycles. The molecule has 0 spiro atoms. The number of hydrogen-bond acceptors (Lipinski definition) is 3. The van der Waals surface area contributed by atoms with E-state index < -0.39 is 0 Å². The molecule has 5 heteroatoms. The summed E-state index contributed by atoms with van der Waals surface area (Å²) in [4.78, 5) is 27.6. The molecule has 1 aromatic carbocycles. The van der Waals surface area contributed by atoms with E-state index in [1.807, 2.05) is 34.1 Å². The Kier molecular flexibility index (Phi) is 5.38. The smallest absolute Gasteiger partial charge is 0.253 e. The van der Waals surface area contributed by atoms with Gasteiger partial charge in [0.2, 0.25) is 5.91 Å². The number of piperidine rings is 1. The molecule has 3 rings (SSSR count). The summed E-state index contributed by atoms with van der Waals surface area (Å²) in [7, 11) is 0. The summed E-state index contributed by atoms with van der Waals surface area (Å²) in [5, 5.41) is 0. The molecule has 130 valence electrons. The normalized spacial score (nSPS) is 21.0. The van der Waals surface area contributed by atoms with Crippen molar-refractivity contribution >= 4 is 11.8 Å². The number of carbonyl (C=O) groups is 2. The minimum Gasteiger partial charge on any atom is -0.493 e. The van der Waals surface area contributed by atoms with Crippen molar-refractivity contribution in [3.8, 4) is 5.75 Å². The summed E-state index contributed by atoms with van der Waals surface area (Å²) in [6.45, 7) is 5.61. The maximum absolute atomic E-state index is 12.3. The Hall–Kier alpha value is -2.04. The van der Waals surface area contributed by atoms with Crippen molar-refractivity contribution in [1.82, 2.24) is 9.80 Å². The number of amides is 2. The lowest BCUT2D eigenvalue weighted by atomic mass is 9.99. The van der Waals surface area contributed by atoms with Gasteiger partial charge in [0.15, 0.2) is 0 Å². The van der Waals surface area contributed by atoms with Crippen molar-refractivity contribution in [3.05, 3.63) is 29.8 Å². The Morgan fingerprint density at radius 3 is 2.38 bits per heavy atom. The largest absolute Gasteiger partial charge is 0.493 e. The second-order valence-corrected chi connectivity index (χ2v) is 6.81. The average molecular weight is 330 g/mol. The molecule has 2 aliphatic heterocycles. The first-order chi connectivity index (χ1) is 11.6. The molecule has 2 amide bonds. The second-order valence-electron chi connectivity index (χ2n) is 6.81. The fourth-order valence-corrected chi connectivity index (χ4v) is 3.50. The van der Waals surface area contributed by atoms with Gasteiger partial charge < -0.3 is 14.5 Å². The highest BCUT2D eigenvalue weighted by Crippen LogP contribution is 2.20. The van der Waals surface area contributed by atoms with Crippen molar-refractivity contribution in [2.24, 2.45) is 5.92 Å². The van der Waals surface area contributed by atoms with Gasteiger partial charge in [-0.3, -0.25) is 9.59 Å². The molecule has 0 bridgehead atoms.